The van der Waals surface area contributed by atoms with E-state index in [0.29, 0.717) is 5.57 Å². The molecule has 0 spiro atoms. The zero-order valence-corrected chi connectivity index (χ0v) is 20.3. The first-order valence-electron chi connectivity index (χ1n) is 10.5. The molecule has 6 heteroatoms. The molecule has 0 aliphatic carbocycles. The Bertz CT molecular complexity index is 934. The fraction of sp³-hybridized carbons (Fsp3) is 0.385. The number of carbonyl (C=O) groups excluding carboxylic acids is 2. The van der Waals surface area contributed by atoms with E-state index in [-0.39, 0.29) is 6.61 Å². The number of rotatable bonds is 9. The lowest BCUT2D eigenvalue weighted by Crippen LogP contribution is -2.21. The van der Waals surface area contributed by atoms with E-state index in [4.69, 9.17) is 14.2 Å². The summed E-state index contributed by atoms with van der Waals surface area (Å²) >= 11 is 0. The minimum atomic E-state index is -1.03. The maximum Gasteiger partial charge on any atom is 0.511 e. The van der Waals surface area contributed by atoms with Crippen molar-refractivity contribution >= 4 is 18.2 Å². The highest BCUT2D eigenvalue weighted by Crippen LogP contribution is 2.28. The highest BCUT2D eigenvalue weighted by Gasteiger charge is 2.13. The van der Waals surface area contributed by atoms with Crippen LogP contribution in [0.5, 0.6) is 5.75 Å². The van der Waals surface area contributed by atoms with E-state index in [1.165, 1.54) is 24.1 Å². The summed E-state index contributed by atoms with van der Waals surface area (Å²) in [6.45, 7) is 13.3. The van der Waals surface area contributed by atoms with Gasteiger partial charge >= 0.3 is 12.1 Å². The van der Waals surface area contributed by atoms with Crippen molar-refractivity contribution in [2.45, 2.75) is 54.8 Å². The number of hydrogen-bond acceptors (Lipinski definition) is 6. The molecule has 1 atom stereocenters. The van der Waals surface area contributed by atoms with Crippen molar-refractivity contribution in [3.63, 3.8) is 0 Å². The summed E-state index contributed by atoms with van der Waals surface area (Å²) in [4.78, 5) is 23.1. The Hall–Kier alpha value is -3.28. The van der Waals surface area contributed by atoms with Gasteiger partial charge < -0.3 is 18.9 Å². The minimum absolute atomic E-state index is 0.185. The normalized spacial score (nSPS) is 13.4. The van der Waals surface area contributed by atoms with E-state index in [1.807, 2.05) is 31.2 Å². The van der Waals surface area contributed by atoms with Gasteiger partial charge in [0.15, 0.2) is 0 Å². The monoisotopic (exact) mass is 442 g/mol. The second-order valence-corrected chi connectivity index (χ2v) is 7.36. The highest BCUT2D eigenvalue weighted by atomic mass is 16.8. The van der Waals surface area contributed by atoms with E-state index in [1.54, 1.807) is 27.0 Å². The van der Waals surface area contributed by atoms with E-state index < -0.39 is 18.4 Å². The van der Waals surface area contributed by atoms with Gasteiger partial charge in [-0.15, -0.1) is 0 Å². The Kier molecular flexibility index (Phi) is 11.0. The smallest absolute Gasteiger partial charge is 0.496 e. The third-order valence-electron chi connectivity index (χ3n) is 4.71. The third-order valence-corrected chi connectivity index (χ3v) is 4.71. The Morgan fingerprint density at radius 1 is 1.03 bits per heavy atom. The van der Waals surface area contributed by atoms with E-state index in [9.17, 15) is 9.59 Å². The molecule has 174 valence electrons. The average Bonchev–Trinajstić information content (AvgIpc) is 2.70. The van der Waals surface area contributed by atoms with E-state index in [0.717, 1.165) is 22.4 Å². The first-order chi connectivity index (χ1) is 15.1. The van der Waals surface area contributed by atoms with Crippen LogP contribution in [-0.4, -0.2) is 32.1 Å². The number of hydrogen-bond donors (Lipinski definition) is 0. The summed E-state index contributed by atoms with van der Waals surface area (Å²) in [6, 6.07) is 2.05. The number of aryl methyl sites for hydroxylation is 1. The molecule has 0 bridgehead atoms. The number of allylic oxidation sites excluding steroid dienone is 6. The van der Waals surface area contributed by atoms with Crippen molar-refractivity contribution in [2.75, 3.05) is 13.7 Å². The standard InChI is InChI=1S/C26H34O6/c1-9-30-26(28)32-22(7)31-25(27)15-18(3)12-10-11-17(2)13-14-23-19(4)16-24(29-8)21(6)20(23)5/h10-16,22H,9H2,1-8H3/b12-10+,14-13+,17-11+,18-15+. The topological polar surface area (TPSA) is 71.1 Å². The van der Waals surface area contributed by atoms with Crippen LogP contribution in [0.4, 0.5) is 4.79 Å². The second-order valence-electron chi connectivity index (χ2n) is 7.36. The van der Waals surface area contributed by atoms with Gasteiger partial charge in [0.2, 0.25) is 6.29 Å². The summed E-state index contributed by atoms with van der Waals surface area (Å²) in [5, 5.41) is 0. The lowest BCUT2D eigenvalue weighted by atomic mass is 9.96. The van der Waals surface area contributed by atoms with Crippen molar-refractivity contribution in [3.8, 4) is 5.75 Å². The van der Waals surface area contributed by atoms with Crippen molar-refractivity contribution in [1.29, 1.82) is 0 Å². The molecule has 0 aliphatic heterocycles. The van der Waals surface area contributed by atoms with Crippen molar-refractivity contribution in [2.24, 2.45) is 0 Å². The number of esters is 1. The van der Waals surface area contributed by atoms with Gasteiger partial charge in [-0.1, -0.05) is 36.0 Å². The zero-order valence-electron chi connectivity index (χ0n) is 20.3. The molecule has 0 heterocycles. The van der Waals surface area contributed by atoms with Gasteiger partial charge in [-0.2, -0.15) is 0 Å². The molecule has 1 aromatic carbocycles. The molecule has 0 aromatic heterocycles. The summed E-state index contributed by atoms with van der Waals surface area (Å²) in [5.41, 5.74) is 6.42. The fourth-order valence-corrected chi connectivity index (χ4v) is 2.90. The zero-order chi connectivity index (χ0) is 24.3. The molecule has 32 heavy (non-hydrogen) atoms. The van der Waals surface area contributed by atoms with Crippen LogP contribution in [0.3, 0.4) is 0 Å². The molecule has 0 saturated heterocycles. The molecule has 0 fully saturated rings. The molecule has 1 unspecified atom stereocenters. The predicted molar refractivity (Wildman–Crippen MR) is 127 cm³/mol. The largest absolute Gasteiger partial charge is 0.511 e. The summed E-state index contributed by atoms with van der Waals surface area (Å²) < 4.78 is 19.8. The Morgan fingerprint density at radius 3 is 2.34 bits per heavy atom. The van der Waals surface area contributed by atoms with Crippen LogP contribution in [0.25, 0.3) is 6.08 Å². The lowest BCUT2D eigenvalue weighted by molar-refractivity contribution is -0.161. The highest BCUT2D eigenvalue weighted by molar-refractivity contribution is 5.83. The molecule has 0 N–H and O–H groups in total. The first-order valence-corrected chi connectivity index (χ1v) is 10.5. The quantitative estimate of drug-likeness (QED) is 0.198. The number of carbonyl (C=O) groups is 2. The molecule has 0 aliphatic rings. The number of ether oxygens (including phenoxy) is 4. The lowest BCUT2D eigenvalue weighted by Gasteiger charge is -2.13. The number of methoxy groups -OCH3 is 1. The molecule has 1 aromatic rings. The minimum Gasteiger partial charge on any atom is -0.496 e. The fourth-order valence-electron chi connectivity index (χ4n) is 2.90. The summed E-state index contributed by atoms with van der Waals surface area (Å²) in [7, 11) is 1.68. The predicted octanol–water partition coefficient (Wildman–Crippen LogP) is 6.14. The Morgan fingerprint density at radius 2 is 1.72 bits per heavy atom. The first kappa shape index (κ1) is 26.8. The van der Waals surface area contributed by atoms with Crippen LogP contribution in [0, 0.1) is 20.8 Å². The maximum atomic E-state index is 11.9. The van der Waals surface area contributed by atoms with E-state index >= 15 is 0 Å². The van der Waals surface area contributed by atoms with Crippen LogP contribution < -0.4 is 4.74 Å². The average molecular weight is 443 g/mol. The van der Waals surface area contributed by atoms with Crippen LogP contribution in [0.2, 0.25) is 0 Å². The maximum absolute atomic E-state index is 11.9. The van der Waals surface area contributed by atoms with E-state index in [2.05, 4.69) is 31.6 Å². The molecule has 6 nitrogen and oxygen atoms in total. The van der Waals surface area contributed by atoms with Crippen molar-refractivity contribution in [1.82, 2.24) is 0 Å². The van der Waals surface area contributed by atoms with Gasteiger partial charge in [-0.25, -0.2) is 9.59 Å². The van der Waals surface area contributed by atoms with Crippen LogP contribution in [0.15, 0.2) is 47.6 Å². The van der Waals surface area contributed by atoms with Crippen molar-refractivity contribution < 1.29 is 28.5 Å². The molecule has 0 radical (unpaired) electrons. The van der Waals surface area contributed by atoms with Gasteiger partial charge in [0.05, 0.1) is 13.7 Å². The van der Waals surface area contributed by atoms with Gasteiger partial charge in [-0.3, -0.25) is 0 Å². The Balaban J connectivity index is 2.74. The summed E-state index contributed by atoms with van der Waals surface area (Å²) in [6.07, 6.45) is 9.17. The Labute approximate surface area is 191 Å². The summed E-state index contributed by atoms with van der Waals surface area (Å²) in [5.74, 6) is 0.292. The molecule has 0 amide bonds. The third kappa shape index (κ3) is 8.84. The molecule has 1 rings (SSSR count). The van der Waals surface area contributed by atoms with Crippen LogP contribution in [0.1, 0.15) is 49.9 Å². The molecular formula is C26H34O6. The van der Waals surface area contributed by atoms with Gasteiger partial charge in [0.25, 0.3) is 0 Å². The van der Waals surface area contributed by atoms with Crippen LogP contribution >= 0.6 is 0 Å². The van der Waals surface area contributed by atoms with Crippen molar-refractivity contribution in [3.05, 3.63) is 69.8 Å². The van der Waals surface area contributed by atoms with Crippen LogP contribution in [-0.2, 0) is 19.0 Å². The molecular weight excluding hydrogens is 408 g/mol. The van der Waals surface area contributed by atoms with Gasteiger partial charge in [0, 0.05) is 13.0 Å². The van der Waals surface area contributed by atoms with Gasteiger partial charge in [-0.05, 0) is 75.4 Å². The second kappa shape index (κ2) is 13.2. The SMILES string of the molecule is CCOC(=O)OC(C)OC(=O)/C=C(C)/C=C/C=C(C)/C=C/c1c(C)cc(OC)c(C)c1C. The number of benzene rings is 1. The molecule has 0 saturated carbocycles. The van der Waals surface area contributed by atoms with Gasteiger partial charge in [0.1, 0.15) is 5.75 Å².